The maximum absolute atomic E-state index is 12.2. The summed E-state index contributed by atoms with van der Waals surface area (Å²) in [4.78, 5) is 12.2. The Bertz CT molecular complexity index is 663. The average Bonchev–Trinajstić information content (AvgIpc) is 2.86. The number of carbonyl (C=O) groups is 1. The number of rotatable bonds is 3. The van der Waals surface area contributed by atoms with E-state index in [0.717, 1.165) is 29.6 Å². The lowest BCUT2D eigenvalue weighted by Crippen LogP contribution is -2.55. The summed E-state index contributed by atoms with van der Waals surface area (Å²) in [7, 11) is 0. The van der Waals surface area contributed by atoms with E-state index in [2.05, 4.69) is 6.58 Å². The molecular formula is C21H30O5. The van der Waals surface area contributed by atoms with E-state index >= 15 is 0 Å². The number of aliphatic hydroxyl groups is 4. The zero-order chi connectivity index (χ0) is 19.1. The predicted octanol–water partition coefficient (Wildman–Crippen LogP) is 1.80. The van der Waals surface area contributed by atoms with E-state index in [4.69, 9.17) is 0 Å². The van der Waals surface area contributed by atoms with Gasteiger partial charge in [-0.2, -0.15) is 0 Å². The fourth-order valence-corrected chi connectivity index (χ4v) is 5.30. The van der Waals surface area contributed by atoms with Gasteiger partial charge in [0.05, 0.1) is 12.2 Å². The first-order valence-corrected chi connectivity index (χ1v) is 9.51. The smallest absolute Gasteiger partial charge is 0.190 e. The van der Waals surface area contributed by atoms with Gasteiger partial charge in [-0.3, -0.25) is 4.79 Å². The highest BCUT2D eigenvalue weighted by atomic mass is 16.3. The second kappa shape index (κ2) is 7.04. The predicted molar refractivity (Wildman–Crippen MR) is 98.3 cm³/mol. The topological polar surface area (TPSA) is 98.0 Å². The quantitative estimate of drug-likeness (QED) is 0.614. The van der Waals surface area contributed by atoms with Gasteiger partial charge in [-0.05, 0) is 56.4 Å². The first-order valence-electron chi connectivity index (χ1n) is 9.51. The minimum absolute atomic E-state index is 0.00923. The van der Waals surface area contributed by atoms with Crippen LogP contribution in [-0.2, 0) is 4.79 Å². The van der Waals surface area contributed by atoms with Gasteiger partial charge >= 0.3 is 0 Å². The Morgan fingerprint density at radius 1 is 1.23 bits per heavy atom. The Kier molecular flexibility index (Phi) is 5.28. The third-order valence-corrected chi connectivity index (χ3v) is 6.88. The van der Waals surface area contributed by atoms with E-state index < -0.39 is 29.5 Å². The molecule has 26 heavy (non-hydrogen) atoms. The number of allylic oxidation sites excluding steroid dienone is 3. The summed E-state index contributed by atoms with van der Waals surface area (Å²) in [6, 6.07) is 0. The van der Waals surface area contributed by atoms with Crippen LogP contribution in [0.2, 0.25) is 0 Å². The molecule has 5 atom stereocenters. The van der Waals surface area contributed by atoms with Crippen molar-refractivity contribution in [2.75, 3.05) is 6.61 Å². The van der Waals surface area contributed by atoms with Gasteiger partial charge in [-0.1, -0.05) is 36.8 Å². The van der Waals surface area contributed by atoms with E-state index in [9.17, 15) is 25.2 Å². The van der Waals surface area contributed by atoms with Gasteiger partial charge in [0.15, 0.2) is 5.78 Å². The summed E-state index contributed by atoms with van der Waals surface area (Å²) in [6.45, 7) is 5.24. The van der Waals surface area contributed by atoms with Crippen LogP contribution in [0.1, 0.15) is 51.9 Å². The van der Waals surface area contributed by atoms with Gasteiger partial charge in [0.1, 0.15) is 12.2 Å². The van der Waals surface area contributed by atoms with Crippen molar-refractivity contribution in [1.82, 2.24) is 0 Å². The molecule has 0 radical (unpaired) electrons. The van der Waals surface area contributed by atoms with Crippen molar-refractivity contribution in [3.05, 3.63) is 35.5 Å². The van der Waals surface area contributed by atoms with Gasteiger partial charge in [0, 0.05) is 5.41 Å². The number of hydrogen-bond donors (Lipinski definition) is 4. The largest absolute Gasteiger partial charge is 0.393 e. The lowest BCUT2D eigenvalue weighted by atomic mass is 9.60. The van der Waals surface area contributed by atoms with Gasteiger partial charge in [0.25, 0.3) is 0 Å². The number of aliphatic hydroxyl groups excluding tert-OH is 3. The van der Waals surface area contributed by atoms with Crippen molar-refractivity contribution in [1.29, 1.82) is 0 Å². The molecular weight excluding hydrogens is 332 g/mol. The van der Waals surface area contributed by atoms with E-state index in [-0.39, 0.29) is 12.0 Å². The Balaban J connectivity index is 1.92. The molecule has 5 heteroatoms. The number of ketones is 1. The molecule has 0 saturated heterocycles. The zero-order valence-electron chi connectivity index (χ0n) is 15.4. The number of carbonyl (C=O) groups excluding carboxylic acids is 1. The number of fused-ring (bicyclic) bond motifs is 1. The van der Waals surface area contributed by atoms with Crippen LogP contribution in [0.4, 0.5) is 0 Å². The average molecular weight is 362 g/mol. The molecule has 5 nitrogen and oxygen atoms in total. The van der Waals surface area contributed by atoms with Gasteiger partial charge < -0.3 is 20.4 Å². The summed E-state index contributed by atoms with van der Waals surface area (Å²) in [6.07, 6.45) is 6.92. The molecule has 4 N–H and O–H groups in total. The Hall–Kier alpha value is -1.27. The molecule has 3 saturated carbocycles. The minimum Gasteiger partial charge on any atom is -0.393 e. The highest BCUT2D eigenvalue weighted by molar-refractivity contribution is 5.89. The normalized spacial score (nSPS) is 43.7. The summed E-state index contributed by atoms with van der Waals surface area (Å²) >= 11 is 0. The van der Waals surface area contributed by atoms with Crippen molar-refractivity contribution in [2.24, 2.45) is 11.3 Å². The highest BCUT2D eigenvalue weighted by Gasteiger charge is 2.62. The van der Waals surface area contributed by atoms with Crippen molar-refractivity contribution >= 4 is 5.78 Å². The summed E-state index contributed by atoms with van der Waals surface area (Å²) < 4.78 is 0. The molecule has 3 aliphatic rings. The molecule has 0 aromatic heterocycles. The molecule has 0 spiro atoms. The number of Topliss-reactive ketones (excluding diaryl/α,β-unsaturated/α-hetero) is 1. The molecule has 0 amide bonds. The second-order valence-electron chi connectivity index (χ2n) is 8.45. The van der Waals surface area contributed by atoms with Gasteiger partial charge in [0.2, 0.25) is 0 Å². The van der Waals surface area contributed by atoms with Crippen LogP contribution in [0.5, 0.6) is 0 Å². The van der Waals surface area contributed by atoms with E-state index in [1.54, 1.807) is 0 Å². The monoisotopic (exact) mass is 362 g/mol. The lowest BCUT2D eigenvalue weighted by molar-refractivity contribution is -0.158. The zero-order valence-corrected chi connectivity index (χ0v) is 15.4. The Morgan fingerprint density at radius 3 is 2.65 bits per heavy atom. The fourth-order valence-electron chi connectivity index (χ4n) is 5.30. The van der Waals surface area contributed by atoms with E-state index in [0.29, 0.717) is 32.1 Å². The minimum atomic E-state index is -1.59. The molecule has 0 bridgehead atoms. The maximum atomic E-state index is 12.2. The van der Waals surface area contributed by atoms with Gasteiger partial charge in [-0.25, -0.2) is 0 Å². The van der Waals surface area contributed by atoms with Crippen LogP contribution in [0.3, 0.4) is 0 Å². The van der Waals surface area contributed by atoms with Crippen LogP contribution < -0.4 is 0 Å². The van der Waals surface area contributed by atoms with Crippen molar-refractivity contribution in [2.45, 2.75) is 69.7 Å². The molecule has 3 fully saturated rings. The first kappa shape index (κ1) is 19.5. The fraction of sp³-hybridized carbons (Fsp3) is 0.667. The van der Waals surface area contributed by atoms with Crippen molar-refractivity contribution in [3.63, 3.8) is 0 Å². The maximum Gasteiger partial charge on any atom is 0.190 e. The second-order valence-corrected chi connectivity index (χ2v) is 8.45. The molecule has 0 unspecified atom stereocenters. The van der Waals surface area contributed by atoms with Crippen LogP contribution in [-0.4, -0.2) is 50.6 Å². The summed E-state index contributed by atoms with van der Waals surface area (Å²) in [5.74, 6) is -0.567. The SMILES string of the molecule is C=C1CC[C@H](O)C/C1=C/C=C1\C[C@H](O)C[C@@]2(C)[C@H]1CC[C@]2(O)C(=O)CO. The van der Waals surface area contributed by atoms with Crippen LogP contribution >= 0.6 is 0 Å². The third-order valence-electron chi connectivity index (χ3n) is 6.88. The lowest BCUT2D eigenvalue weighted by Gasteiger charge is -2.47. The first-order chi connectivity index (χ1) is 12.2. The standard InChI is InChI=1S/C21H30O5/c1-13-3-6-16(23)9-14(13)4-5-15-10-17(24)11-20(2)18(15)7-8-21(20,26)19(25)12-22/h4-5,16-18,22-24,26H,1,3,6-12H2,2H3/b14-4-,15-5+/t16-,17-,18-,20-,21-/m0/s1. The highest BCUT2D eigenvalue weighted by Crippen LogP contribution is 2.59. The number of hydrogen-bond acceptors (Lipinski definition) is 5. The van der Waals surface area contributed by atoms with Crippen molar-refractivity contribution < 1.29 is 25.2 Å². The van der Waals surface area contributed by atoms with E-state index in [1.165, 1.54) is 0 Å². The van der Waals surface area contributed by atoms with E-state index in [1.807, 2.05) is 19.1 Å². The summed E-state index contributed by atoms with van der Waals surface area (Å²) in [5.41, 5.74) is 0.707. The Morgan fingerprint density at radius 2 is 1.96 bits per heavy atom. The molecule has 0 aromatic carbocycles. The van der Waals surface area contributed by atoms with Crippen LogP contribution in [0, 0.1) is 11.3 Å². The van der Waals surface area contributed by atoms with Crippen LogP contribution in [0.25, 0.3) is 0 Å². The van der Waals surface area contributed by atoms with Crippen molar-refractivity contribution in [3.8, 4) is 0 Å². The Labute approximate surface area is 154 Å². The third kappa shape index (κ3) is 3.11. The summed E-state index contributed by atoms with van der Waals surface area (Å²) in [5, 5.41) is 40.6. The molecule has 3 rings (SSSR count). The molecule has 3 aliphatic carbocycles. The van der Waals surface area contributed by atoms with Crippen LogP contribution in [0.15, 0.2) is 35.5 Å². The van der Waals surface area contributed by atoms with Gasteiger partial charge in [-0.15, -0.1) is 0 Å². The molecule has 0 aliphatic heterocycles. The molecule has 144 valence electrons. The molecule has 0 heterocycles. The molecule has 0 aromatic rings.